The number of hydrogen-bond acceptors (Lipinski definition) is 2. The topological polar surface area (TPSA) is 54.9 Å². The quantitative estimate of drug-likeness (QED) is 0.573. The Hall–Kier alpha value is 0.260. The molecule has 1 heterocycles. The summed E-state index contributed by atoms with van der Waals surface area (Å²) in [6, 6.07) is 0. The second-order valence-electron chi connectivity index (χ2n) is 4.44. The SMILES string of the molecule is CCCC(=O)N[C@H]([NH2+]C[C@@H]1CCCO1)C(Cl)(Cl)Cl. The number of alkyl halides is 3. The summed E-state index contributed by atoms with van der Waals surface area (Å²) in [6.45, 7) is 3.41. The van der Waals surface area contributed by atoms with E-state index in [4.69, 9.17) is 39.5 Å². The number of hydrogen-bond donors (Lipinski definition) is 2. The van der Waals surface area contributed by atoms with E-state index in [0.717, 1.165) is 25.9 Å². The van der Waals surface area contributed by atoms with E-state index in [1.165, 1.54) is 0 Å². The second kappa shape index (κ2) is 7.75. The number of rotatable bonds is 6. The Morgan fingerprint density at radius 1 is 1.56 bits per heavy atom. The van der Waals surface area contributed by atoms with E-state index in [9.17, 15) is 4.79 Å². The third-order valence-electron chi connectivity index (χ3n) is 2.80. The Bertz CT molecular complexity index is 266. The molecule has 1 aliphatic heterocycles. The monoisotopic (exact) mass is 317 g/mol. The van der Waals surface area contributed by atoms with Crippen molar-refractivity contribution < 1.29 is 14.8 Å². The van der Waals surface area contributed by atoms with Crippen molar-refractivity contribution in [2.45, 2.75) is 48.7 Å². The predicted octanol–water partition coefficient (Wildman–Crippen LogP) is 1.34. The molecule has 0 spiro atoms. The van der Waals surface area contributed by atoms with Gasteiger partial charge < -0.3 is 15.4 Å². The zero-order chi connectivity index (χ0) is 13.6. The highest BCUT2D eigenvalue weighted by Gasteiger charge is 2.37. The van der Waals surface area contributed by atoms with E-state index in [1.807, 2.05) is 12.2 Å². The maximum Gasteiger partial charge on any atom is 0.262 e. The maximum atomic E-state index is 11.6. The third-order valence-corrected chi connectivity index (χ3v) is 3.51. The third kappa shape index (κ3) is 5.93. The molecule has 0 unspecified atom stereocenters. The first-order chi connectivity index (χ1) is 8.43. The normalized spacial score (nSPS) is 21.9. The zero-order valence-electron chi connectivity index (χ0n) is 10.4. The van der Waals surface area contributed by atoms with Gasteiger partial charge in [0.1, 0.15) is 12.6 Å². The van der Waals surface area contributed by atoms with Crippen molar-refractivity contribution in [3.05, 3.63) is 0 Å². The van der Waals surface area contributed by atoms with Gasteiger partial charge in [0.15, 0.2) is 0 Å². The maximum absolute atomic E-state index is 11.6. The van der Waals surface area contributed by atoms with Crippen LogP contribution in [0, 0.1) is 0 Å². The molecular weight excluding hydrogens is 298 g/mol. The minimum atomic E-state index is -1.53. The van der Waals surface area contributed by atoms with Crippen LogP contribution in [0.1, 0.15) is 32.6 Å². The van der Waals surface area contributed by atoms with Gasteiger partial charge in [-0.25, -0.2) is 0 Å². The van der Waals surface area contributed by atoms with Gasteiger partial charge in [-0.3, -0.25) is 4.79 Å². The molecule has 1 amide bonds. The van der Waals surface area contributed by atoms with Crippen molar-refractivity contribution >= 4 is 40.7 Å². The van der Waals surface area contributed by atoms with E-state index in [1.54, 1.807) is 0 Å². The number of carbonyl (C=O) groups is 1. The first kappa shape index (κ1) is 16.3. The molecule has 1 fully saturated rings. The minimum Gasteiger partial charge on any atom is -0.372 e. The molecule has 7 heteroatoms. The molecule has 0 aliphatic carbocycles. The molecule has 0 aromatic carbocycles. The van der Waals surface area contributed by atoms with Crippen LogP contribution in [0.25, 0.3) is 0 Å². The molecule has 0 radical (unpaired) electrons. The molecule has 4 nitrogen and oxygen atoms in total. The lowest BCUT2D eigenvalue weighted by Gasteiger charge is -2.24. The average Bonchev–Trinajstić information content (AvgIpc) is 2.75. The predicted molar refractivity (Wildman–Crippen MR) is 72.9 cm³/mol. The fourth-order valence-electron chi connectivity index (χ4n) is 1.87. The number of carbonyl (C=O) groups excluding carboxylic acids is 1. The fourth-order valence-corrected chi connectivity index (χ4v) is 2.30. The summed E-state index contributed by atoms with van der Waals surface area (Å²) in [5.74, 6) is -0.0996. The van der Waals surface area contributed by atoms with Crippen LogP contribution in [0.3, 0.4) is 0 Å². The molecule has 1 saturated heterocycles. The Morgan fingerprint density at radius 2 is 2.28 bits per heavy atom. The van der Waals surface area contributed by atoms with Gasteiger partial charge in [0.25, 0.3) is 3.79 Å². The van der Waals surface area contributed by atoms with E-state index in [2.05, 4.69) is 5.32 Å². The number of nitrogens with two attached hydrogens (primary N) is 1. The van der Waals surface area contributed by atoms with Crippen LogP contribution in [-0.2, 0) is 9.53 Å². The van der Waals surface area contributed by atoms with Gasteiger partial charge in [-0.2, -0.15) is 0 Å². The molecule has 0 bridgehead atoms. The van der Waals surface area contributed by atoms with Gasteiger partial charge in [-0.05, 0) is 19.3 Å². The summed E-state index contributed by atoms with van der Waals surface area (Å²) >= 11 is 17.6. The van der Waals surface area contributed by atoms with Crippen molar-refractivity contribution in [2.75, 3.05) is 13.2 Å². The van der Waals surface area contributed by atoms with Gasteiger partial charge >= 0.3 is 0 Å². The van der Waals surface area contributed by atoms with Crippen LogP contribution in [0.5, 0.6) is 0 Å². The zero-order valence-corrected chi connectivity index (χ0v) is 12.7. The Labute approximate surface area is 123 Å². The lowest BCUT2D eigenvalue weighted by molar-refractivity contribution is -0.697. The number of ether oxygens (including phenoxy) is 1. The Morgan fingerprint density at radius 3 is 2.78 bits per heavy atom. The van der Waals surface area contributed by atoms with E-state index >= 15 is 0 Å². The molecule has 1 rings (SSSR count). The van der Waals surface area contributed by atoms with Crippen molar-refractivity contribution in [1.82, 2.24) is 5.32 Å². The highest BCUT2D eigenvalue weighted by atomic mass is 35.6. The Balaban J connectivity index is 2.42. The van der Waals surface area contributed by atoms with Crippen molar-refractivity contribution in [3.8, 4) is 0 Å². The largest absolute Gasteiger partial charge is 0.372 e. The lowest BCUT2D eigenvalue weighted by atomic mass is 10.2. The summed E-state index contributed by atoms with van der Waals surface area (Å²) < 4.78 is 3.97. The number of nitrogens with one attached hydrogen (secondary N) is 1. The first-order valence-corrected chi connectivity index (χ1v) is 7.38. The van der Waals surface area contributed by atoms with Crippen LogP contribution in [0.2, 0.25) is 0 Å². The van der Waals surface area contributed by atoms with E-state index in [-0.39, 0.29) is 12.0 Å². The van der Waals surface area contributed by atoms with Crippen molar-refractivity contribution in [3.63, 3.8) is 0 Å². The van der Waals surface area contributed by atoms with Gasteiger partial charge in [-0.15, -0.1) is 0 Å². The molecular formula is C11H20Cl3N2O2+. The van der Waals surface area contributed by atoms with Crippen LogP contribution < -0.4 is 10.6 Å². The summed E-state index contributed by atoms with van der Waals surface area (Å²) in [7, 11) is 0. The number of halogens is 3. The fraction of sp³-hybridized carbons (Fsp3) is 0.909. The molecule has 106 valence electrons. The number of amides is 1. The van der Waals surface area contributed by atoms with Crippen LogP contribution >= 0.6 is 34.8 Å². The van der Waals surface area contributed by atoms with E-state index < -0.39 is 9.96 Å². The second-order valence-corrected chi connectivity index (χ2v) is 6.81. The summed E-state index contributed by atoms with van der Waals surface area (Å²) in [4.78, 5) is 11.6. The highest BCUT2D eigenvalue weighted by Crippen LogP contribution is 2.27. The van der Waals surface area contributed by atoms with Crippen LogP contribution in [0.15, 0.2) is 0 Å². The highest BCUT2D eigenvalue weighted by molar-refractivity contribution is 6.68. The summed E-state index contributed by atoms with van der Waals surface area (Å²) in [6.07, 6.45) is 2.90. The van der Waals surface area contributed by atoms with Crippen molar-refractivity contribution in [1.29, 1.82) is 0 Å². The molecule has 0 aromatic heterocycles. The summed E-state index contributed by atoms with van der Waals surface area (Å²) in [5.41, 5.74) is 0. The summed E-state index contributed by atoms with van der Waals surface area (Å²) in [5, 5.41) is 4.57. The lowest BCUT2D eigenvalue weighted by Crippen LogP contribution is -2.97. The first-order valence-electron chi connectivity index (χ1n) is 6.24. The van der Waals surface area contributed by atoms with E-state index in [0.29, 0.717) is 13.0 Å². The van der Waals surface area contributed by atoms with Crippen LogP contribution in [-0.4, -0.2) is 35.1 Å². The van der Waals surface area contributed by atoms with Gasteiger partial charge in [-0.1, -0.05) is 41.7 Å². The molecule has 3 N–H and O–H groups in total. The van der Waals surface area contributed by atoms with Gasteiger partial charge in [0.05, 0.1) is 0 Å². The molecule has 2 atom stereocenters. The molecule has 1 aliphatic rings. The van der Waals surface area contributed by atoms with Crippen molar-refractivity contribution in [2.24, 2.45) is 0 Å². The molecule has 0 saturated carbocycles. The molecule has 0 aromatic rings. The Kier molecular flexibility index (Phi) is 7.03. The van der Waals surface area contributed by atoms with Gasteiger partial charge in [0, 0.05) is 13.0 Å². The van der Waals surface area contributed by atoms with Crippen LogP contribution in [0.4, 0.5) is 0 Å². The average molecular weight is 319 g/mol. The minimum absolute atomic E-state index is 0.0996. The molecule has 18 heavy (non-hydrogen) atoms. The standard InChI is InChI=1S/C11H19Cl3N2O2/c1-2-4-9(17)16-10(11(12,13)14)15-7-8-5-3-6-18-8/h8,10,15H,2-7H2,1H3,(H,16,17)/p+1/t8-,10-/m0/s1. The van der Waals surface area contributed by atoms with Gasteiger partial charge in [0.2, 0.25) is 12.1 Å². The number of quaternary nitrogens is 1. The smallest absolute Gasteiger partial charge is 0.262 e.